The first-order valence-electron chi connectivity index (χ1n) is 8.58. The Morgan fingerprint density at radius 3 is 2.88 bits per heavy atom. The Morgan fingerprint density at radius 2 is 2.16 bits per heavy atom. The van der Waals surface area contributed by atoms with Crippen molar-refractivity contribution in [2.24, 2.45) is 11.8 Å². The lowest BCUT2D eigenvalue weighted by molar-refractivity contribution is 0.0526. The van der Waals surface area contributed by atoms with Crippen LogP contribution in [0.3, 0.4) is 0 Å². The zero-order valence-corrected chi connectivity index (χ0v) is 14.1. The predicted molar refractivity (Wildman–Crippen MR) is 89.1 cm³/mol. The number of piperidine rings is 1. The molecule has 3 heterocycles. The Balaban J connectivity index is 1.49. The number of anilines is 1. The monoisotopic (exact) mass is 343 g/mol. The molecule has 1 aliphatic carbocycles. The average Bonchev–Trinajstić information content (AvgIpc) is 3.02. The second-order valence-electron chi connectivity index (χ2n) is 6.61. The van der Waals surface area contributed by atoms with Gasteiger partial charge in [0.15, 0.2) is 0 Å². The molecule has 25 heavy (non-hydrogen) atoms. The lowest BCUT2D eigenvalue weighted by Gasteiger charge is -2.19. The molecule has 2 aromatic rings. The molecule has 2 aliphatic rings. The van der Waals surface area contributed by atoms with Crippen molar-refractivity contribution in [3.8, 4) is 0 Å². The van der Waals surface area contributed by atoms with Crippen LogP contribution in [0.5, 0.6) is 0 Å². The molecule has 1 saturated carbocycles. The molecule has 2 atom stereocenters. The van der Waals surface area contributed by atoms with Gasteiger partial charge in [0.2, 0.25) is 5.95 Å². The molecule has 0 bridgehead atoms. The molecule has 1 aliphatic heterocycles. The van der Waals surface area contributed by atoms with Crippen LogP contribution in [-0.2, 0) is 17.9 Å². The summed E-state index contributed by atoms with van der Waals surface area (Å²) in [5.74, 6) is 1.89. The van der Waals surface area contributed by atoms with Crippen LogP contribution in [0.1, 0.15) is 35.0 Å². The van der Waals surface area contributed by atoms with Crippen LogP contribution in [-0.4, -0.2) is 50.5 Å². The fraction of sp³-hybridized carbons (Fsp3) is 0.529. The Hall–Kier alpha value is -2.48. The molecular formula is C17H21N5O3. The normalized spacial score (nSPS) is 21.3. The van der Waals surface area contributed by atoms with Crippen molar-refractivity contribution in [3.63, 3.8) is 0 Å². The molecular weight excluding hydrogens is 322 g/mol. The molecule has 8 nitrogen and oxygen atoms in total. The van der Waals surface area contributed by atoms with E-state index in [-0.39, 0.29) is 6.61 Å². The Kier molecular flexibility index (Phi) is 4.12. The zero-order chi connectivity index (χ0) is 17.4. The minimum absolute atomic E-state index is 0.155. The highest BCUT2D eigenvalue weighted by Crippen LogP contribution is 2.45. The number of fused-ring (bicyclic) bond motifs is 1. The van der Waals surface area contributed by atoms with Gasteiger partial charge in [-0.25, -0.2) is 14.8 Å². The molecule has 2 aromatic heterocycles. The third-order valence-corrected chi connectivity index (χ3v) is 4.83. The topological polar surface area (TPSA) is 93.4 Å². The summed E-state index contributed by atoms with van der Waals surface area (Å²) >= 11 is 0. The number of ether oxygens (including phenoxy) is 1. The maximum atomic E-state index is 11.7. The summed E-state index contributed by atoms with van der Waals surface area (Å²) in [7, 11) is 0. The van der Waals surface area contributed by atoms with E-state index < -0.39 is 5.97 Å². The molecule has 0 spiro atoms. The number of hydrogen-bond donors (Lipinski definition) is 1. The van der Waals surface area contributed by atoms with E-state index in [0.717, 1.165) is 30.5 Å². The maximum Gasteiger partial charge on any atom is 0.341 e. The molecule has 1 N–H and O–H groups in total. The summed E-state index contributed by atoms with van der Waals surface area (Å²) in [4.78, 5) is 22.9. The van der Waals surface area contributed by atoms with Gasteiger partial charge >= 0.3 is 5.97 Å². The molecule has 0 amide bonds. The fourth-order valence-corrected chi connectivity index (χ4v) is 3.36. The molecule has 2 fully saturated rings. The van der Waals surface area contributed by atoms with E-state index in [1.165, 1.54) is 12.6 Å². The van der Waals surface area contributed by atoms with Gasteiger partial charge in [-0.2, -0.15) is 5.10 Å². The van der Waals surface area contributed by atoms with E-state index in [4.69, 9.17) is 4.74 Å². The van der Waals surface area contributed by atoms with Crippen molar-refractivity contribution in [1.29, 1.82) is 0 Å². The Labute approximate surface area is 145 Å². The van der Waals surface area contributed by atoms with Gasteiger partial charge in [0.05, 0.1) is 37.2 Å². The standard InChI is InChI=1S/C17H21N5O3/c1-2-25-16(24)14-5-19-22(9-14)8-13-4-18-17(20-15(13)10-23)21-6-11-3-12(11)7-21/h4-5,9,11-12,23H,2-3,6-8,10H2,1H3. The largest absolute Gasteiger partial charge is 0.462 e. The van der Waals surface area contributed by atoms with Crippen LogP contribution in [0.25, 0.3) is 0 Å². The highest BCUT2D eigenvalue weighted by molar-refractivity contribution is 5.88. The molecule has 0 aromatic carbocycles. The SMILES string of the molecule is CCOC(=O)c1cnn(Cc2cnc(N3CC4CC4C3)nc2CO)c1. The number of esters is 1. The van der Waals surface area contributed by atoms with Gasteiger partial charge < -0.3 is 14.7 Å². The van der Waals surface area contributed by atoms with Crippen LogP contribution in [0.15, 0.2) is 18.6 Å². The van der Waals surface area contributed by atoms with Crippen molar-refractivity contribution in [2.75, 3.05) is 24.6 Å². The van der Waals surface area contributed by atoms with E-state index in [2.05, 4.69) is 20.0 Å². The Bertz CT molecular complexity index is 780. The maximum absolute atomic E-state index is 11.7. The van der Waals surface area contributed by atoms with Crippen LogP contribution in [0, 0.1) is 11.8 Å². The quantitative estimate of drug-likeness (QED) is 0.777. The minimum Gasteiger partial charge on any atom is -0.462 e. The van der Waals surface area contributed by atoms with Crippen LogP contribution in [0.4, 0.5) is 5.95 Å². The van der Waals surface area contributed by atoms with E-state index in [1.54, 1.807) is 24.0 Å². The number of aromatic nitrogens is 4. The van der Waals surface area contributed by atoms with Gasteiger partial charge in [0.25, 0.3) is 0 Å². The molecule has 0 radical (unpaired) electrons. The smallest absolute Gasteiger partial charge is 0.341 e. The first kappa shape index (κ1) is 16.0. The second kappa shape index (κ2) is 6.44. The van der Waals surface area contributed by atoms with Gasteiger partial charge in [-0.3, -0.25) is 4.68 Å². The summed E-state index contributed by atoms with van der Waals surface area (Å²) in [5, 5.41) is 13.8. The highest BCUT2D eigenvalue weighted by atomic mass is 16.5. The van der Waals surface area contributed by atoms with Gasteiger partial charge in [0.1, 0.15) is 0 Å². The number of nitrogens with zero attached hydrogens (tertiary/aromatic N) is 5. The van der Waals surface area contributed by atoms with Crippen molar-refractivity contribution < 1.29 is 14.6 Å². The average molecular weight is 343 g/mol. The third-order valence-electron chi connectivity index (χ3n) is 4.83. The summed E-state index contributed by atoms with van der Waals surface area (Å²) < 4.78 is 6.58. The van der Waals surface area contributed by atoms with E-state index in [1.807, 2.05) is 0 Å². The van der Waals surface area contributed by atoms with Gasteiger partial charge in [-0.15, -0.1) is 0 Å². The lowest BCUT2D eigenvalue weighted by Crippen LogP contribution is -2.25. The zero-order valence-electron chi connectivity index (χ0n) is 14.1. The second-order valence-corrected chi connectivity index (χ2v) is 6.61. The van der Waals surface area contributed by atoms with Gasteiger partial charge in [0, 0.05) is 31.0 Å². The van der Waals surface area contributed by atoms with Crippen molar-refractivity contribution in [1.82, 2.24) is 19.7 Å². The number of aliphatic hydroxyl groups is 1. The van der Waals surface area contributed by atoms with E-state index >= 15 is 0 Å². The van der Waals surface area contributed by atoms with Crippen LogP contribution in [0.2, 0.25) is 0 Å². The van der Waals surface area contributed by atoms with E-state index in [0.29, 0.717) is 30.4 Å². The van der Waals surface area contributed by atoms with E-state index in [9.17, 15) is 9.90 Å². The summed E-state index contributed by atoms with van der Waals surface area (Å²) in [6.07, 6.45) is 6.16. The lowest BCUT2D eigenvalue weighted by atomic mass is 10.2. The molecule has 4 rings (SSSR count). The fourth-order valence-electron chi connectivity index (χ4n) is 3.36. The van der Waals surface area contributed by atoms with Crippen molar-refractivity contribution in [2.45, 2.75) is 26.5 Å². The molecule has 132 valence electrons. The number of carbonyl (C=O) groups is 1. The third kappa shape index (κ3) is 3.21. The number of hydrogen-bond acceptors (Lipinski definition) is 7. The van der Waals surface area contributed by atoms with Crippen LogP contribution >= 0.6 is 0 Å². The molecule has 2 unspecified atom stereocenters. The van der Waals surface area contributed by atoms with Crippen molar-refractivity contribution >= 4 is 11.9 Å². The van der Waals surface area contributed by atoms with Gasteiger partial charge in [-0.1, -0.05) is 0 Å². The first-order chi connectivity index (χ1) is 12.2. The Morgan fingerprint density at radius 1 is 1.36 bits per heavy atom. The minimum atomic E-state index is -0.393. The van der Waals surface area contributed by atoms with Gasteiger partial charge in [-0.05, 0) is 25.2 Å². The number of carbonyl (C=O) groups excluding carboxylic acids is 1. The first-order valence-corrected chi connectivity index (χ1v) is 8.58. The molecule has 1 saturated heterocycles. The predicted octanol–water partition coefficient (Wildman–Crippen LogP) is 0.847. The summed E-state index contributed by atoms with van der Waals surface area (Å²) in [6.45, 7) is 4.34. The highest BCUT2D eigenvalue weighted by Gasteiger charge is 2.45. The van der Waals surface area contributed by atoms with Crippen molar-refractivity contribution in [3.05, 3.63) is 35.4 Å². The summed E-state index contributed by atoms with van der Waals surface area (Å²) in [6, 6.07) is 0. The van der Waals surface area contributed by atoms with Crippen LogP contribution < -0.4 is 4.90 Å². The number of rotatable bonds is 6. The molecule has 8 heteroatoms. The summed E-state index contributed by atoms with van der Waals surface area (Å²) in [5.41, 5.74) is 1.79. The number of aliphatic hydroxyl groups excluding tert-OH is 1.